The zero-order valence-corrected chi connectivity index (χ0v) is 12.6. The van der Waals surface area contributed by atoms with E-state index < -0.39 is 0 Å². The van der Waals surface area contributed by atoms with Gasteiger partial charge in [-0.15, -0.1) is 0 Å². The number of amides is 1. The van der Waals surface area contributed by atoms with Gasteiger partial charge in [0.1, 0.15) is 0 Å². The Labute approximate surface area is 123 Å². The van der Waals surface area contributed by atoms with Crippen molar-refractivity contribution >= 4 is 29.1 Å². The highest BCUT2D eigenvalue weighted by atomic mass is 35.5. The first kappa shape index (κ1) is 14.6. The number of nitrogens with one attached hydrogen (secondary N) is 1. The van der Waals surface area contributed by atoms with E-state index in [1.54, 1.807) is 12.1 Å². The van der Waals surface area contributed by atoms with Gasteiger partial charge in [-0.3, -0.25) is 4.79 Å². The number of halogens is 2. The van der Waals surface area contributed by atoms with Gasteiger partial charge in [0.15, 0.2) is 0 Å². The largest absolute Gasteiger partial charge is 0.339 e. The molecule has 0 saturated carbocycles. The summed E-state index contributed by atoms with van der Waals surface area (Å²) in [6, 6.07) is 5.86. The molecule has 19 heavy (non-hydrogen) atoms. The Hall–Kier alpha value is -0.770. The maximum absolute atomic E-state index is 11.8. The van der Waals surface area contributed by atoms with Gasteiger partial charge >= 0.3 is 0 Å². The van der Waals surface area contributed by atoms with Crippen LogP contribution in [0.2, 0.25) is 10.0 Å². The monoisotopic (exact) mass is 300 g/mol. The number of hydrogen-bond acceptors (Lipinski definition) is 2. The average Bonchev–Trinajstić information content (AvgIpc) is 2.72. The lowest BCUT2D eigenvalue weighted by atomic mass is 10.2. The molecule has 0 radical (unpaired) electrons. The zero-order valence-electron chi connectivity index (χ0n) is 11.1. The molecule has 104 valence electrons. The fourth-order valence-corrected chi connectivity index (χ4v) is 2.68. The predicted octanol–water partition coefficient (Wildman–Crippen LogP) is 3.09. The van der Waals surface area contributed by atoms with E-state index in [9.17, 15) is 4.79 Å². The smallest absolute Gasteiger partial charge is 0.224 e. The molecule has 2 rings (SSSR count). The minimum absolute atomic E-state index is 0.185. The van der Waals surface area contributed by atoms with Crippen molar-refractivity contribution in [3.63, 3.8) is 0 Å². The number of likely N-dealkylation sites (tertiary alicyclic amines) is 1. The van der Waals surface area contributed by atoms with Gasteiger partial charge in [0, 0.05) is 41.6 Å². The van der Waals surface area contributed by atoms with Crippen molar-refractivity contribution in [3.05, 3.63) is 33.8 Å². The summed E-state index contributed by atoms with van der Waals surface area (Å²) in [6.45, 7) is 5.46. The molecule has 5 heteroatoms. The number of rotatable bonds is 4. The molecule has 1 saturated heterocycles. The summed E-state index contributed by atoms with van der Waals surface area (Å²) in [5.74, 6) is 0.213. The third-order valence-electron chi connectivity index (χ3n) is 3.37. The van der Waals surface area contributed by atoms with Crippen LogP contribution in [-0.4, -0.2) is 29.4 Å². The Morgan fingerprint density at radius 3 is 2.79 bits per heavy atom. The Morgan fingerprint density at radius 2 is 2.16 bits per heavy atom. The van der Waals surface area contributed by atoms with Gasteiger partial charge in [0.25, 0.3) is 0 Å². The van der Waals surface area contributed by atoms with Crippen molar-refractivity contribution in [3.8, 4) is 0 Å². The highest BCUT2D eigenvalue weighted by molar-refractivity contribution is 6.33. The fraction of sp³-hybridized carbons (Fsp3) is 0.500. The van der Waals surface area contributed by atoms with E-state index >= 15 is 0 Å². The molecule has 1 N–H and O–H groups in total. The van der Waals surface area contributed by atoms with Crippen LogP contribution < -0.4 is 5.32 Å². The highest BCUT2D eigenvalue weighted by Crippen LogP contribution is 2.21. The van der Waals surface area contributed by atoms with Gasteiger partial charge in [-0.1, -0.05) is 23.2 Å². The standard InChI is InChI=1S/C14H18Cl2N2O/c1-9(2)18-8-12(6-14(18)19)17-7-10-5-11(15)3-4-13(10)16/h3-5,9,12,17H,6-8H2,1-2H3/t12-/m0/s1. The summed E-state index contributed by atoms with van der Waals surface area (Å²) >= 11 is 12.1. The molecule has 0 unspecified atom stereocenters. The molecule has 0 aromatic heterocycles. The predicted molar refractivity (Wildman–Crippen MR) is 78.6 cm³/mol. The lowest BCUT2D eigenvalue weighted by molar-refractivity contribution is -0.129. The molecule has 1 heterocycles. The molecule has 1 aromatic rings. The second kappa shape index (κ2) is 6.12. The quantitative estimate of drug-likeness (QED) is 0.927. The van der Waals surface area contributed by atoms with Crippen molar-refractivity contribution in [2.75, 3.05) is 6.54 Å². The Balaban J connectivity index is 1.93. The van der Waals surface area contributed by atoms with Crippen LogP contribution >= 0.6 is 23.2 Å². The van der Waals surface area contributed by atoms with Crippen molar-refractivity contribution in [2.45, 2.75) is 38.9 Å². The Kier molecular flexibility index (Phi) is 4.71. The zero-order chi connectivity index (χ0) is 14.0. The third-order valence-corrected chi connectivity index (χ3v) is 3.97. The van der Waals surface area contributed by atoms with E-state index in [1.807, 2.05) is 24.8 Å². The van der Waals surface area contributed by atoms with Crippen LogP contribution in [0, 0.1) is 0 Å². The van der Waals surface area contributed by atoms with Crippen LogP contribution in [-0.2, 0) is 11.3 Å². The van der Waals surface area contributed by atoms with Gasteiger partial charge in [-0.25, -0.2) is 0 Å². The number of carbonyl (C=O) groups excluding carboxylic acids is 1. The fourth-order valence-electron chi connectivity index (χ4n) is 2.30. The molecule has 0 bridgehead atoms. The first-order valence-corrected chi connectivity index (χ1v) is 7.19. The molecule has 3 nitrogen and oxygen atoms in total. The Morgan fingerprint density at radius 1 is 1.42 bits per heavy atom. The van der Waals surface area contributed by atoms with Crippen LogP contribution in [0.1, 0.15) is 25.8 Å². The van der Waals surface area contributed by atoms with E-state index in [1.165, 1.54) is 0 Å². The van der Waals surface area contributed by atoms with E-state index in [4.69, 9.17) is 23.2 Å². The van der Waals surface area contributed by atoms with Gasteiger partial charge in [0.2, 0.25) is 5.91 Å². The second-order valence-corrected chi connectivity index (χ2v) is 6.00. The van der Waals surface area contributed by atoms with Crippen molar-refractivity contribution in [1.82, 2.24) is 10.2 Å². The molecule has 1 amide bonds. The van der Waals surface area contributed by atoms with E-state index in [0.29, 0.717) is 23.0 Å². The molecule has 1 aromatic carbocycles. The minimum Gasteiger partial charge on any atom is -0.339 e. The van der Waals surface area contributed by atoms with Crippen LogP contribution in [0.15, 0.2) is 18.2 Å². The first-order chi connectivity index (χ1) is 8.97. The van der Waals surface area contributed by atoms with Gasteiger partial charge in [-0.05, 0) is 37.6 Å². The number of hydrogen-bond donors (Lipinski definition) is 1. The second-order valence-electron chi connectivity index (χ2n) is 5.16. The molecule has 1 aliphatic rings. The van der Waals surface area contributed by atoms with E-state index in [2.05, 4.69) is 5.32 Å². The van der Waals surface area contributed by atoms with E-state index in [-0.39, 0.29) is 18.0 Å². The molecule has 0 spiro atoms. The summed E-state index contributed by atoms with van der Waals surface area (Å²) in [5, 5.41) is 4.75. The highest BCUT2D eigenvalue weighted by Gasteiger charge is 2.30. The molecule has 1 aliphatic heterocycles. The van der Waals surface area contributed by atoms with Gasteiger partial charge in [-0.2, -0.15) is 0 Å². The number of benzene rings is 1. The maximum Gasteiger partial charge on any atom is 0.224 e. The molecule has 1 fully saturated rings. The van der Waals surface area contributed by atoms with Crippen molar-refractivity contribution in [2.24, 2.45) is 0 Å². The molecule has 0 aliphatic carbocycles. The molecule has 1 atom stereocenters. The minimum atomic E-state index is 0.185. The summed E-state index contributed by atoms with van der Waals surface area (Å²) in [6.07, 6.45) is 0.552. The SMILES string of the molecule is CC(C)N1C[C@@H](NCc2cc(Cl)ccc2Cl)CC1=O. The van der Waals surface area contributed by atoms with Crippen molar-refractivity contribution < 1.29 is 4.79 Å². The number of nitrogens with zero attached hydrogens (tertiary/aromatic N) is 1. The lowest BCUT2D eigenvalue weighted by Crippen LogP contribution is -2.35. The number of carbonyl (C=O) groups is 1. The molecular formula is C14H18Cl2N2O. The summed E-state index contributed by atoms with van der Waals surface area (Å²) in [5.41, 5.74) is 0.963. The van der Waals surface area contributed by atoms with Gasteiger partial charge < -0.3 is 10.2 Å². The average molecular weight is 301 g/mol. The van der Waals surface area contributed by atoms with Gasteiger partial charge in [0.05, 0.1) is 0 Å². The topological polar surface area (TPSA) is 32.3 Å². The molecular weight excluding hydrogens is 283 g/mol. The summed E-state index contributed by atoms with van der Waals surface area (Å²) in [7, 11) is 0. The summed E-state index contributed by atoms with van der Waals surface area (Å²) < 4.78 is 0. The van der Waals surface area contributed by atoms with Crippen LogP contribution in [0.4, 0.5) is 0 Å². The third kappa shape index (κ3) is 3.62. The normalized spacial score (nSPS) is 19.5. The van der Waals surface area contributed by atoms with Crippen LogP contribution in [0.5, 0.6) is 0 Å². The van der Waals surface area contributed by atoms with Crippen LogP contribution in [0.25, 0.3) is 0 Å². The Bertz CT molecular complexity index is 477. The summed E-state index contributed by atoms with van der Waals surface area (Å²) in [4.78, 5) is 13.7. The van der Waals surface area contributed by atoms with E-state index in [0.717, 1.165) is 12.1 Å². The van der Waals surface area contributed by atoms with Crippen molar-refractivity contribution in [1.29, 1.82) is 0 Å². The first-order valence-electron chi connectivity index (χ1n) is 6.44. The maximum atomic E-state index is 11.8. The van der Waals surface area contributed by atoms with Crippen LogP contribution in [0.3, 0.4) is 0 Å². The lowest BCUT2D eigenvalue weighted by Gasteiger charge is -2.21.